The topological polar surface area (TPSA) is 106 Å². The van der Waals surface area contributed by atoms with Crippen LogP contribution in [0.5, 0.6) is 5.75 Å². The molecule has 8 nitrogen and oxygen atoms in total. The van der Waals surface area contributed by atoms with Crippen LogP contribution in [0.25, 0.3) is 0 Å². The minimum Gasteiger partial charge on any atom is -0.494 e. The minimum atomic E-state index is -1.29. The van der Waals surface area contributed by atoms with E-state index in [-0.39, 0.29) is 6.61 Å². The number of amides is 1. The molecule has 0 unspecified atom stereocenters. The molecule has 0 aliphatic heterocycles. The van der Waals surface area contributed by atoms with Crippen LogP contribution in [0.2, 0.25) is 0 Å². The van der Waals surface area contributed by atoms with Crippen LogP contribution in [0.15, 0.2) is 54.6 Å². The monoisotopic (exact) mass is 486 g/mol. The molecule has 0 spiro atoms. The molecule has 0 heterocycles. The Morgan fingerprint density at radius 2 is 1.60 bits per heavy atom. The first kappa shape index (κ1) is 28.1. The number of esters is 1. The Morgan fingerprint density at radius 1 is 0.943 bits per heavy atom. The van der Waals surface area contributed by atoms with E-state index in [0.717, 1.165) is 16.9 Å². The summed E-state index contributed by atoms with van der Waals surface area (Å²) in [6, 6.07) is 15.0. The highest BCUT2D eigenvalue weighted by atomic mass is 16.6. The second-order valence-electron chi connectivity index (χ2n) is 9.12. The van der Waals surface area contributed by atoms with Gasteiger partial charge in [-0.25, -0.2) is 4.79 Å². The lowest BCUT2D eigenvalue weighted by atomic mass is 9.96. The number of rotatable bonds is 12. The smallest absolute Gasteiger partial charge is 0.407 e. The van der Waals surface area contributed by atoms with E-state index in [4.69, 9.17) is 14.2 Å². The quantitative estimate of drug-likeness (QED) is 0.394. The summed E-state index contributed by atoms with van der Waals surface area (Å²) in [4.78, 5) is 25.4. The Hall–Kier alpha value is -3.10. The van der Waals surface area contributed by atoms with Crippen LogP contribution in [-0.2, 0) is 27.2 Å². The Labute approximate surface area is 208 Å². The first-order valence-corrected chi connectivity index (χ1v) is 12.0. The minimum absolute atomic E-state index is 0.162. The van der Waals surface area contributed by atoms with E-state index < -0.39 is 35.9 Å². The van der Waals surface area contributed by atoms with Crippen molar-refractivity contribution in [2.24, 2.45) is 0 Å². The molecule has 192 valence electrons. The highest BCUT2D eigenvalue weighted by molar-refractivity contribution is 5.77. The standard InChI is InChI=1S/C27H38N2O6/c1-6-33-21-15-13-20(14-16-21)18-28-23(25(31)34-7-2)24(30)22(17-19-11-9-8-10-12-19)29-26(32)35-27(3,4)5/h8-16,22-24,28,30H,6-7,17-18H2,1-5H3,(H,29,32)/t22-,23+,24+/m0/s1. The van der Waals surface area contributed by atoms with Crippen molar-refractivity contribution >= 4 is 12.1 Å². The molecular weight excluding hydrogens is 448 g/mol. The third-order valence-electron chi connectivity index (χ3n) is 5.06. The van der Waals surface area contributed by atoms with E-state index in [9.17, 15) is 14.7 Å². The van der Waals surface area contributed by atoms with Crippen LogP contribution in [0.4, 0.5) is 4.79 Å². The summed E-state index contributed by atoms with van der Waals surface area (Å²) in [7, 11) is 0. The molecular formula is C27H38N2O6. The zero-order valence-electron chi connectivity index (χ0n) is 21.2. The second-order valence-corrected chi connectivity index (χ2v) is 9.12. The Bertz CT molecular complexity index is 912. The fraction of sp³-hybridized carbons (Fsp3) is 0.481. The maximum Gasteiger partial charge on any atom is 0.407 e. The van der Waals surface area contributed by atoms with E-state index in [2.05, 4.69) is 10.6 Å². The van der Waals surface area contributed by atoms with Gasteiger partial charge in [0.25, 0.3) is 0 Å². The van der Waals surface area contributed by atoms with Gasteiger partial charge in [-0.05, 0) is 64.3 Å². The average Bonchev–Trinajstić information content (AvgIpc) is 2.79. The molecule has 1 amide bonds. The molecule has 0 bridgehead atoms. The number of nitrogens with one attached hydrogen (secondary N) is 2. The first-order chi connectivity index (χ1) is 16.6. The molecule has 3 atom stereocenters. The van der Waals surface area contributed by atoms with Crippen molar-refractivity contribution in [3.05, 3.63) is 65.7 Å². The summed E-state index contributed by atoms with van der Waals surface area (Å²) < 4.78 is 16.1. The summed E-state index contributed by atoms with van der Waals surface area (Å²) in [6.45, 7) is 9.93. The lowest BCUT2D eigenvalue weighted by molar-refractivity contribution is -0.149. The summed E-state index contributed by atoms with van der Waals surface area (Å²) >= 11 is 0. The van der Waals surface area contributed by atoms with Crippen molar-refractivity contribution in [2.75, 3.05) is 13.2 Å². The van der Waals surface area contributed by atoms with Crippen LogP contribution in [-0.4, -0.2) is 54.2 Å². The van der Waals surface area contributed by atoms with Gasteiger partial charge in [0, 0.05) is 6.54 Å². The SMILES string of the molecule is CCOC(=O)[C@H](NCc1ccc(OCC)cc1)[C@H](O)[C@H](Cc1ccccc1)NC(=O)OC(C)(C)C. The zero-order chi connectivity index (χ0) is 25.8. The molecule has 0 aliphatic rings. The van der Waals surface area contributed by atoms with E-state index in [1.54, 1.807) is 27.7 Å². The molecule has 2 aromatic carbocycles. The van der Waals surface area contributed by atoms with Gasteiger partial charge in [-0.3, -0.25) is 10.1 Å². The number of aliphatic hydroxyl groups is 1. The highest BCUT2D eigenvalue weighted by Crippen LogP contribution is 2.15. The summed E-state index contributed by atoms with van der Waals surface area (Å²) in [5.74, 6) is 0.151. The summed E-state index contributed by atoms with van der Waals surface area (Å²) in [6.07, 6.45) is -1.67. The highest BCUT2D eigenvalue weighted by Gasteiger charge is 2.35. The van der Waals surface area contributed by atoms with E-state index >= 15 is 0 Å². The summed E-state index contributed by atoms with van der Waals surface area (Å²) in [5.41, 5.74) is 1.08. The third kappa shape index (κ3) is 9.96. The fourth-order valence-corrected chi connectivity index (χ4v) is 3.49. The number of carbonyl (C=O) groups is 2. The molecule has 8 heteroatoms. The van der Waals surface area contributed by atoms with Gasteiger partial charge < -0.3 is 24.6 Å². The molecule has 0 saturated carbocycles. The normalized spacial score (nSPS) is 13.9. The number of carbonyl (C=O) groups excluding carboxylic acids is 2. The van der Waals surface area contributed by atoms with Gasteiger partial charge in [0.1, 0.15) is 23.5 Å². The van der Waals surface area contributed by atoms with E-state index in [0.29, 0.717) is 19.6 Å². The van der Waals surface area contributed by atoms with Crippen molar-refractivity contribution < 1.29 is 28.9 Å². The zero-order valence-corrected chi connectivity index (χ0v) is 21.2. The van der Waals surface area contributed by atoms with Crippen molar-refractivity contribution in [3.63, 3.8) is 0 Å². The molecule has 0 aromatic heterocycles. The van der Waals surface area contributed by atoms with Crippen LogP contribution >= 0.6 is 0 Å². The molecule has 2 aromatic rings. The number of ether oxygens (including phenoxy) is 3. The molecule has 35 heavy (non-hydrogen) atoms. The third-order valence-corrected chi connectivity index (χ3v) is 5.06. The van der Waals surface area contributed by atoms with Crippen molar-refractivity contribution in [1.82, 2.24) is 10.6 Å². The van der Waals surface area contributed by atoms with E-state index in [1.165, 1.54) is 0 Å². The predicted molar refractivity (Wildman–Crippen MR) is 134 cm³/mol. The molecule has 0 saturated heterocycles. The number of hydrogen-bond acceptors (Lipinski definition) is 7. The van der Waals surface area contributed by atoms with Gasteiger partial charge in [-0.2, -0.15) is 0 Å². The van der Waals surface area contributed by atoms with Gasteiger partial charge in [0.2, 0.25) is 0 Å². The van der Waals surface area contributed by atoms with E-state index in [1.807, 2.05) is 61.5 Å². The van der Waals surface area contributed by atoms with Crippen LogP contribution in [0.1, 0.15) is 45.7 Å². The Balaban J connectivity index is 2.22. The predicted octanol–water partition coefficient (Wildman–Crippen LogP) is 3.60. The number of benzene rings is 2. The van der Waals surface area contributed by atoms with Crippen LogP contribution in [0, 0.1) is 0 Å². The molecule has 0 fully saturated rings. The maximum absolute atomic E-state index is 12.8. The van der Waals surface area contributed by atoms with Crippen LogP contribution < -0.4 is 15.4 Å². The van der Waals surface area contributed by atoms with Crippen LogP contribution in [0.3, 0.4) is 0 Å². The van der Waals surface area contributed by atoms with Gasteiger partial charge in [-0.1, -0.05) is 42.5 Å². The molecule has 0 aliphatic carbocycles. The van der Waals surface area contributed by atoms with Gasteiger partial charge in [0.15, 0.2) is 0 Å². The van der Waals surface area contributed by atoms with Crippen molar-refractivity contribution in [1.29, 1.82) is 0 Å². The lowest BCUT2D eigenvalue weighted by Crippen LogP contribution is -2.57. The molecule has 3 N–H and O–H groups in total. The van der Waals surface area contributed by atoms with Crippen molar-refractivity contribution in [2.45, 2.75) is 71.4 Å². The second kappa shape index (κ2) is 13.7. The first-order valence-electron chi connectivity index (χ1n) is 12.0. The lowest BCUT2D eigenvalue weighted by Gasteiger charge is -2.31. The largest absolute Gasteiger partial charge is 0.494 e. The summed E-state index contributed by atoms with van der Waals surface area (Å²) in [5, 5.41) is 17.2. The fourth-order valence-electron chi connectivity index (χ4n) is 3.49. The van der Waals surface area contributed by atoms with Gasteiger partial charge in [-0.15, -0.1) is 0 Å². The number of aliphatic hydroxyl groups excluding tert-OH is 1. The molecule has 0 radical (unpaired) electrons. The number of alkyl carbamates (subject to hydrolysis) is 1. The van der Waals surface area contributed by atoms with Crippen molar-refractivity contribution in [3.8, 4) is 5.75 Å². The Morgan fingerprint density at radius 3 is 2.17 bits per heavy atom. The van der Waals surface area contributed by atoms with Gasteiger partial charge >= 0.3 is 12.1 Å². The molecule has 2 rings (SSSR count). The average molecular weight is 487 g/mol. The maximum atomic E-state index is 12.8. The Kier molecular flexibility index (Phi) is 11.0. The number of hydrogen-bond donors (Lipinski definition) is 3. The van der Waals surface area contributed by atoms with Gasteiger partial charge in [0.05, 0.1) is 19.3 Å².